The standard InChI is InChI=1S/C69H134O17P2/c1-5-9-13-17-21-24-26-27-28-29-30-31-32-33-34-35-37-40-44-48-52-56-69(74)86-65(60-80-67(72)54-50-46-42-39-36-25-22-18-14-10-6-2)62-84-88(77,78)82-58-63(70)57-81-87(75,76)83-61-64(59-79-66(71)53-49-45-41-20-16-12-8-4)85-68(73)55-51-47-43-38-23-19-15-11-7-3/h63-65,70H,5-62H2,1-4H3,(H,75,76)(H,77,78)/t63-,64+,65+/m0/s1. The van der Waals surface area contributed by atoms with E-state index in [0.717, 1.165) is 103 Å². The number of hydrogen-bond acceptors (Lipinski definition) is 15. The zero-order valence-electron chi connectivity index (χ0n) is 56.7. The van der Waals surface area contributed by atoms with Crippen LogP contribution < -0.4 is 0 Å². The number of phosphoric acid groups is 2. The second kappa shape index (κ2) is 63.8. The molecule has 0 heterocycles. The van der Waals surface area contributed by atoms with Crippen molar-refractivity contribution >= 4 is 39.5 Å². The molecule has 17 nitrogen and oxygen atoms in total. The molecule has 0 amide bonds. The third kappa shape index (κ3) is 62.8. The summed E-state index contributed by atoms with van der Waals surface area (Å²) in [7, 11) is -9.88. The summed E-state index contributed by atoms with van der Waals surface area (Å²) in [5.41, 5.74) is 0. The van der Waals surface area contributed by atoms with Crippen LogP contribution in [0.2, 0.25) is 0 Å². The van der Waals surface area contributed by atoms with E-state index in [1.165, 1.54) is 180 Å². The maximum atomic E-state index is 13.0. The van der Waals surface area contributed by atoms with Crippen molar-refractivity contribution in [3.8, 4) is 0 Å². The van der Waals surface area contributed by atoms with Gasteiger partial charge in [0.05, 0.1) is 26.4 Å². The Hall–Kier alpha value is -1.94. The lowest BCUT2D eigenvalue weighted by molar-refractivity contribution is -0.161. The largest absolute Gasteiger partial charge is 0.472 e. The maximum Gasteiger partial charge on any atom is 0.472 e. The smallest absolute Gasteiger partial charge is 0.462 e. The molecule has 3 N–H and O–H groups in total. The summed E-state index contributed by atoms with van der Waals surface area (Å²) in [5, 5.41) is 10.5. The highest BCUT2D eigenvalue weighted by molar-refractivity contribution is 7.47. The summed E-state index contributed by atoms with van der Waals surface area (Å²) < 4.78 is 68.0. The Kier molecular flexibility index (Phi) is 62.4. The van der Waals surface area contributed by atoms with Crippen molar-refractivity contribution in [3.63, 3.8) is 0 Å². The highest BCUT2D eigenvalue weighted by Gasteiger charge is 2.30. The van der Waals surface area contributed by atoms with E-state index in [2.05, 4.69) is 27.7 Å². The van der Waals surface area contributed by atoms with E-state index in [-0.39, 0.29) is 25.7 Å². The van der Waals surface area contributed by atoms with Crippen molar-refractivity contribution in [2.45, 2.75) is 380 Å². The van der Waals surface area contributed by atoms with Crippen molar-refractivity contribution in [1.29, 1.82) is 0 Å². The molecule has 2 unspecified atom stereocenters. The van der Waals surface area contributed by atoms with Crippen LogP contribution >= 0.6 is 15.6 Å². The molecule has 0 aromatic heterocycles. The zero-order valence-corrected chi connectivity index (χ0v) is 58.5. The van der Waals surface area contributed by atoms with Gasteiger partial charge in [0.15, 0.2) is 12.2 Å². The Labute approximate surface area is 537 Å². The van der Waals surface area contributed by atoms with Crippen LogP contribution in [-0.4, -0.2) is 96.7 Å². The van der Waals surface area contributed by atoms with E-state index in [1.807, 2.05) is 0 Å². The van der Waals surface area contributed by atoms with Gasteiger partial charge >= 0.3 is 39.5 Å². The van der Waals surface area contributed by atoms with Gasteiger partial charge in [-0.15, -0.1) is 0 Å². The number of unbranched alkanes of at least 4 members (excludes halogenated alkanes) is 44. The predicted molar refractivity (Wildman–Crippen MR) is 354 cm³/mol. The first-order chi connectivity index (χ1) is 42.7. The maximum absolute atomic E-state index is 13.0. The molecular formula is C69H134O17P2. The van der Waals surface area contributed by atoms with Gasteiger partial charge in [-0.25, -0.2) is 9.13 Å². The lowest BCUT2D eigenvalue weighted by Gasteiger charge is -2.21. The molecule has 0 saturated heterocycles. The third-order valence-electron chi connectivity index (χ3n) is 16.1. The minimum Gasteiger partial charge on any atom is -0.462 e. The Morgan fingerprint density at radius 2 is 0.455 bits per heavy atom. The van der Waals surface area contributed by atoms with Crippen LogP contribution in [0.3, 0.4) is 0 Å². The Balaban J connectivity index is 5.11. The SMILES string of the molecule is CCCCCCCCCCCCCCCCCCCCCCCC(=O)O[C@H](COC(=O)CCCCCCCCCCCCC)COP(=O)(O)OC[C@@H](O)COP(=O)(O)OC[C@@H](COC(=O)CCCCCCCCC)OC(=O)CCCCCCCCCCC. The summed E-state index contributed by atoms with van der Waals surface area (Å²) in [5.74, 6) is -2.13. The monoisotopic (exact) mass is 1300 g/mol. The number of rotatable bonds is 70. The minimum atomic E-state index is -4.95. The van der Waals surface area contributed by atoms with Gasteiger partial charge in [-0.2, -0.15) is 0 Å². The summed E-state index contributed by atoms with van der Waals surface area (Å²) in [6.07, 6.45) is 51.6. The highest BCUT2D eigenvalue weighted by Crippen LogP contribution is 2.45. The van der Waals surface area contributed by atoms with Crippen molar-refractivity contribution in [2.75, 3.05) is 39.6 Å². The average Bonchev–Trinajstić information content (AvgIpc) is 3.57. The summed E-state index contributed by atoms with van der Waals surface area (Å²) in [4.78, 5) is 72.2. The van der Waals surface area contributed by atoms with Gasteiger partial charge in [-0.05, 0) is 25.7 Å². The van der Waals surface area contributed by atoms with E-state index >= 15 is 0 Å². The summed E-state index contributed by atoms with van der Waals surface area (Å²) in [6.45, 7) is 4.87. The van der Waals surface area contributed by atoms with Gasteiger partial charge in [0, 0.05) is 25.7 Å². The Morgan fingerprint density at radius 1 is 0.273 bits per heavy atom. The number of aliphatic hydroxyl groups excluding tert-OH is 1. The minimum absolute atomic E-state index is 0.106. The van der Waals surface area contributed by atoms with Crippen LogP contribution in [0.15, 0.2) is 0 Å². The molecule has 0 spiro atoms. The molecular weight excluding hydrogens is 1160 g/mol. The molecule has 19 heteroatoms. The fourth-order valence-corrected chi connectivity index (χ4v) is 12.1. The lowest BCUT2D eigenvalue weighted by atomic mass is 10.0. The van der Waals surface area contributed by atoms with Crippen LogP contribution in [0.5, 0.6) is 0 Å². The van der Waals surface area contributed by atoms with Crippen LogP contribution in [0, 0.1) is 0 Å². The molecule has 0 aromatic carbocycles. The van der Waals surface area contributed by atoms with Crippen molar-refractivity contribution in [3.05, 3.63) is 0 Å². The number of aliphatic hydroxyl groups is 1. The van der Waals surface area contributed by atoms with Gasteiger partial charge in [0.25, 0.3) is 0 Å². The zero-order chi connectivity index (χ0) is 64.7. The van der Waals surface area contributed by atoms with Gasteiger partial charge in [-0.1, -0.05) is 310 Å². The average molecular weight is 1300 g/mol. The number of carbonyl (C=O) groups excluding carboxylic acids is 4. The highest BCUT2D eigenvalue weighted by atomic mass is 31.2. The van der Waals surface area contributed by atoms with Crippen LogP contribution in [-0.2, 0) is 65.4 Å². The summed E-state index contributed by atoms with van der Waals surface area (Å²) in [6, 6.07) is 0. The lowest BCUT2D eigenvalue weighted by Crippen LogP contribution is -2.30. The molecule has 522 valence electrons. The second-order valence-electron chi connectivity index (χ2n) is 24.9. The van der Waals surface area contributed by atoms with E-state index < -0.39 is 97.5 Å². The third-order valence-corrected chi connectivity index (χ3v) is 18.0. The molecule has 0 radical (unpaired) electrons. The molecule has 0 bridgehead atoms. The molecule has 0 aromatic rings. The summed E-state index contributed by atoms with van der Waals surface area (Å²) >= 11 is 0. The second-order valence-corrected chi connectivity index (χ2v) is 27.8. The molecule has 0 aliphatic rings. The fourth-order valence-electron chi connectivity index (χ4n) is 10.5. The van der Waals surface area contributed by atoms with E-state index in [0.29, 0.717) is 25.7 Å². The Morgan fingerprint density at radius 3 is 0.670 bits per heavy atom. The van der Waals surface area contributed by atoms with Crippen LogP contribution in [0.4, 0.5) is 0 Å². The first-order valence-electron chi connectivity index (χ1n) is 36.3. The Bertz CT molecular complexity index is 1690. The number of carbonyl (C=O) groups is 4. The van der Waals surface area contributed by atoms with E-state index in [1.54, 1.807) is 0 Å². The molecule has 0 fully saturated rings. The van der Waals surface area contributed by atoms with E-state index in [9.17, 15) is 43.2 Å². The first kappa shape index (κ1) is 86.1. The number of phosphoric ester groups is 2. The topological polar surface area (TPSA) is 237 Å². The van der Waals surface area contributed by atoms with Crippen molar-refractivity contribution in [2.24, 2.45) is 0 Å². The van der Waals surface area contributed by atoms with Crippen molar-refractivity contribution < 1.29 is 80.2 Å². The molecule has 5 atom stereocenters. The van der Waals surface area contributed by atoms with Crippen molar-refractivity contribution in [1.82, 2.24) is 0 Å². The van der Waals surface area contributed by atoms with Crippen LogP contribution in [0.1, 0.15) is 362 Å². The van der Waals surface area contributed by atoms with Gasteiger partial charge in [-0.3, -0.25) is 37.3 Å². The number of ether oxygens (including phenoxy) is 4. The molecule has 0 aliphatic carbocycles. The molecule has 0 rings (SSSR count). The molecule has 88 heavy (non-hydrogen) atoms. The van der Waals surface area contributed by atoms with E-state index in [4.69, 9.17) is 37.0 Å². The van der Waals surface area contributed by atoms with Gasteiger partial charge < -0.3 is 33.8 Å². The quantitative estimate of drug-likeness (QED) is 0.0222. The fraction of sp³-hybridized carbons (Fsp3) is 0.942. The first-order valence-corrected chi connectivity index (χ1v) is 39.3. The molecule has 0 aliphatic heterocycles. The van der Waals surface area contributed by atoms with Gasteiger partial charge in [0.1, 0.15) is 19.3 Å². The normalized spacial score (nSPS) is 14.0. The number of hydrogen-bond donors (Lipinski definition) is 3. The van der Waals surface area contributed by atoms with Gasteiger partial charge in [0.2, 0.25) is 0 Å². The van der Waals surface area contributed by atoms with Crippen LogP contribution in [0.25, 0.3) is 0 Å². The molecule has 0 saturated carbocycles. The number of esters is 4. The predicted octanol–water partition coefficient (Wildman–Crippen LogP) is 19.9.